The molecule has 0 aromatic carbocycles. The van der Waals surface area contributed by atoms with Crippen molar-refractivity contribution < 1.29 is 9.53 Å². The molecule has 0 unspecified atom stereocenters. The number of esters is 1. The number of rotatable bonds is 11. The Balaban J connectivity index is 1.92. The Labute approximate surface area is 140 Å². The highest BCUT2D eigenvalue weighted by Crippen LogP contribution is 2.24. The largest absolute Gasteiger partial charge is 0.466 e. The van der Waals surface area contributed by atoms with Crippen LogP contribution in [0.1, 0.15) is 52.4 Å². The van der Waals surface area contributed by atoms with Gasteiger partial charge in [-0.05, 0) is 12.3 Å². The highest BCUT2D eigenvalue weighted by molar-refractivity contribution is 8.01. The summed E-state index contributed by atoms with van der Waals surface area (Å²) in [4.78, 5) is 11.5. The molecule has 0 saturated heterocycles. The van der Waals surface area contributed by atoms with Crippen molar-refractivity contribution in [2.24, 2.45) is 5.92 Å². The Morgan fingerprint density at radius 1 is 1.29 bits per heavy atom. The molecule has 0 aliphatic heterocycles. The normalized spacial score (nSPS) is 11.0. The Hall–Kier alpha value is -0.270. The molecule has 4 nitrogen and oxygen atoms in total. The van der Waals surface area contributed by atoms with Crippen LogP contribution in [-0.4, -0.2) is 28.5 Å². The molecule has 0 aliphatic carbocycles. The number of carbonyl (C=O) groups excluding carboxylic acids is 1. The lowest BCUT2D eigenvalue weighted by atomic mass is 10.0. The van der Waals surface area contributed by atoms with Crippen molar-refractivity contribution in [2.75, 3.05) is 12.4 Å². The second kappa shape index (κ2) is 11.3. The summed E-state index contributed by atoms with van der Waals surface area (Å²) >= 11 is 7.04. The molecule has 1 aromatic heterocycles. The van der Waals surface area contributed by atoms with Crippen LogP contribution in [0.3, 0.4) is 0 Å². The summed E-state index contributed by atoms with van der Waals surface area (Å²) in [6, 6.07) is 0. The summed E-state index contributed by atoms with van der Waals surface area (Å²) in [7, 11) is 0. The quantitative estimate of drug-likeness (QED) is 0.277. The van der Waals surface area contributed by atoms with Gasteiger partial charge in [0, 0.05) is 5.75 Å². The van der Waals surface area contributed by atoms with Crippen LogP contribution in [0.25, 0.3) is 0 Å². The molecule has 1 rings (SSSR count). The van der Waals surface area contributed by atoms with Gasteiger partial charge in [-0.3, -0.25) is 4.79 Å². The van der Waals surface area contributed by atoms with Crippen molar-refractivity contribution >= 4 is 41.7 Å². The Morgan fingerprint density at radius 2 is 2.05 bits per heavy atom. The van der Waals surface area contributed by atoms with E-state index in [1.165, 1.54) is 42.4 Å². The first-order chi connectivity index (χ1) is 10.1. The Kier molecular flexibility index (Phi) is 10.1. The highest BCUT2D eigenvalue weighted by Gasteiger charge is 2.06. The zero-order valence-corrected chi connectivity index (χ0v) is 15.2. The Bertz CT molecular complexity index is 411. The van der Waals surface area contributed by atoms with E-state index in [4.69, 9.17) is 4.74 Å². The molecule has 0 radical (unpaired) electrons. The molecule has 0 N–H and O–H groups in total. The smallest absolute Gasteiger partial charge is 0.306 e. The van der Waals surface area contributed by atoms with E-state index in [1.807, 2.05) is 0 Å². The van der Waals surface area contributed by atoms with Gasteiger partial charge in [-0.2, -0.15) is 0 Å². The first kappa shape index (κ1) is 18.8. The molecule has 0 amide bonds. The van der Waals surface area contributed by atoms with Gasteiger partial charge in [-0.15, -0.1) is 22.8 Å². The molecular weight excluding hydrogens is 324 g/mol. The number of aromatic nitrogens is 2. The monoisotopic (exact) mass is 348 g/mol. The second-order valence-corrected chi connectivity index (χ2v) is 8.31. The number of nitrogens with zero attached hydrogens (tertiary/aromatic N) is 2. The lowest BCUT2D eigenvalue weighted by Crippen LogP contribution is -2.06. The third-order valence-corrected chi connectivity index (χ3v) is 5.09. The number of thioether (sulfide) groups is 1. The summed E-state index contributed by atoms with van der Waals surface area (Å²) in [6.45, 7) is 5.04. The fourth-order valence-electron chi connectivity index (χ4n) is 1.75. The fourth-order valence-corrected chi connectivity index (χ4v) is 3.82. The van der Waals surface area contributed by atoms with Crippen molar-refractivity contribution in [3.05, 3.63) is 0 Å². The highest BCUT2D eigenvalue weighted by atomic mass is 32.2. The van der Waals surface area contributed by atoms with Gasteiger partial charge in [0.05, 0.1) is 13.0 Å². The van der Waals surface area contributed by atoms with E-state index in [9.17, 15) is 4.79 Å². The third-order valence-electron chi connectivity index (χ3n) is 2.87. The summed E-state index contributed by atoms with van der Waals surface area (Å²) in [5, 5.41) is 7.74. The number of hydrogen-bond acceptors (Lipinski definition) is 7. The predicted octanol–water partition coefficient (Wildman–Crippen LogP) is 4.46. The van der Waals surface area contributed by atoms with Crippen LogP contribution in [-0.2, 0) is 9.53 Å². The standard InChI is InChI=1S/C14H24N2O2S3/c1-11(2)7-5-3-4-6-9-18-12(17)8-10-20-14-16-15-13(19)21-14/h11H,3-10H2,1-2H3,(H,15,19). The van der Waals surface area contributed by atoms with E-state index in [2.05, 4.69) is 36.7 Å². The van der Waals surface area contributed by atoms with Crippen LogP contribution < -0.4 is 0 Å². The van der Waals surface area contributed by atoms with Gasteiger partial charge in [-0.1, -0.05) is 62.6 Å². The van der Waals surface area contributed by atoms with E-state index in [1.54, 1.807) is 0 Å². The van der Waals surface area contributed by atoms with E-state index in [0.29, 0.717) is 23.1 Å². The summed E-state index contributed by atoms with van der Waals surface area (Å²) in [5.74, 6) is 1.34. The molecule has 0 saturated carbocycles. The average molecular weight is 349 g/mol. The molecule has 120 valence electrons. The van der Waals surface area contributed by atoms with Crippen LogP contribution in [0.4, 0.5) is 0 Å². The van der Waals surface area contributed by atoms with Crippen LogP contribution in [0.5, 0.6) is 0 Å². The maximum atomic E-state index is 11.5. The zero-order chi connectivity index (χ0) is 15.5. The molecule has 21 heavy (non-hydrogen) atoms. The van der Waals surface area contributed by atoms with Crippen molar-refractivity contribution in [2.45, 2.75) is 61.1 Å². The molecule has 7 heteroatoms. The first-order valence-electron chi connectivity index (χ1n) is 7.39. The topological polar surface area (TPSA) is 52.1 Å². The average Bonchev–Trinajstić information content (AvgIpc) is 2.83. The minimum atomic E-state index is -0.125. The maximum Gasteiger partial charge on any atom is 0.306 e. The molecule has 0 fully saturated rings. The molecule has 0 spiro atoms. The number of carbonyl (C=O) groups is 1. The van der Waals surface area contributed by atoms with Crippen molar-refractivity contribution in [3.63, 3.8) is 0 Å². The summed E-state index contributed by atoms with van der Waals surface area (Å²) in [5.41, 5.74) is 0. The van der Waals surface area contributed by atoms with E-state index >= 15 is 0 Å². The number of ether oxygens (including phenoxy) is 1. The van der Waals surface area contributed by atoms with Gasteiger partial charge in [0.2, 0.25) is 0 Å². The SMILES string of the molecule is CC(C)CCCCCCOC(=O)CCSc1nnc(S)s1. The van der Waals surface area contributed by atoms with Crippen molar-refractivity contribution in [3.8, 4) is 0 Å². The van der Waals surface area contributed by atoms with Crippen molar-refractivity contribution in [1.82, 2.24) is 10.2 Å². The molecule has 1 heterocycles. The second-order valence-electron chi connectivity index (χ2n) is 5.27. The molecule has 1 aromatic rings. The van der Waals surface area contributed by atoms with Crippen LogP contribution in [0.2, 0.25) is 0 Å². The molecule has 0 bridgehead atoms. The molecule has 0 atom stereocenters. The summed E-state index contributed by atoms with van der Waals surface area (Å²) < 4.78 is 6.71. The molecular formula is C14H24N2O2S3. The van der Waals surface area contributed by atoms with Gasteiger partial charge < -0.3 is 4.74 Å². The maximum absolute atomic E-state index is 11.5. The number of unbranched alkanes of at least 4 members (excludes halogenated alkanes) is 3. The molecule has 0 aliphatic rings. The van der Waals surface area contributed by atoms with Gasteiger partial charge in [0.25, 0.3) is 0 Å². The van der Waals surface area contributed by atoms with E-state index in [0.717, 1.165) is 23.1 Å². The van der Waals surface area contributed by atoms with Crippen molar-refractivity contribution in [1.29, 1.82) is 0 Å². The fraction of sp³-hybridized carbons (Fsp3) is 0.786. The van der Waals surface area contributed by atoms with E-state index in [-0.39, 0.29) is 5.97 Å². The Morgan fingerprint density at radius 3 is 2.71 bits per heavy atom. The van der Waals surface area contributed by atoms with Crippen LogP contribution in [0, 0.1) is 5.92 Å². The minimum Gasteiger partial charge on any atom is -0.466 e. The lowest BCUT2D eigenvalue weighted by Gasteiger charge is -2.05. The first-order valence-corrected chi connectivity index (χ1v) is 9.63. The number of thiol groups is 1. The predicted molar refractivity (Wildman–Crippen MR) is 91.4 cm³/mol. The summed E-state index contributed by atoms with van der Waals surface area (Å²) in [6.07, 6.45) is 6.32. The lowest BCUT2D eigenvalue weighted by molar-refractivity contribution is -0.143. The zero-order valence-electron chi connectivity index (χ0n) is 12.7. The number of hydrogen-bond donors (Lipinski definition) is 1. The van der Waals surface area contributed by atoms with E-state index < -0.39 is 0 Å². The van der Waals surface area contributed by atoms with Crippen LogP contribution in [0.15, 0.2) is 8.68 Å². The van der Waals surface area contributed by atoms with Gasteiger partial charge in [0.15, 0.2) is 8.68 Å². The van der Waals surface area contributed by atoms with Gasteiger partial charge >= 0.3 is 5.97 Å². The minimum absolute atomic E-state index is 0.125. The third kappa shape index (κ3) is 10.1. The van der Waals surface area contributed by atoms with Gasteiger partial charge in [0.1, 0.15) is 0 Å². The van der Waals surface area contributed by atoms with Crippen LogP contribution >= 0.6 is 35.7 Å². The van der Waals surface area contributed by atoms with Gasteiger partial charge in [-0.25, -0.2) is 0 Å².